The van der Waals surface area contributed by atoms with Crippen LogP contribution in [0.5, 0.6) is 5.75 Å². The predicted molar refractivity (Wildman–Crippen MR) is 67.1 cm³/mol. The minimum Gasteiger partial charge on any atom is -0.488 e. The van der Waals surface area contributed by atoms with Crippen molar-refractivity contribution < 1.29 is 14.6 Å². The van der Waals surface area contributed by atoms with Crippen LogP contribution in [0.15, 0.2) is 36.4 Å². The van der Waals surface area contributed by atoms with Gasteiger partial charge in [0, 0.05) is 9.90 Å². The third-order valence-corrected chi connectivity index (χ3v) is 3.37. The number of thiophene rings is 1. The van der Waals surface area contributed by atoms with Crippen molar-refractivity contribution in [3.63, 3.8) is 0 Å². The fourth-order valence-electron chi connectivity index (χ4n) is 1.26. The molecule has 1 aromatic heterocycles. The van der Waals surface area contributed by atoms with Crippen molar-refractivity contribution in [1.82, 2.24) is 0 Å². The molecule has 0 atom stereocenters. The highest BCUT2D eigenvalue weighted by Crippen LogP contribution is 2.20. The summed E-state index contributed by atoms with van der Waals surface area (Å²) in [4.78, 5) is 11.9. The van der Waals surface area contributed by atoms with E-state index in [1.165, 1.54) is 11.3 Å². The minimum absolute atomic E-state index is 0.319. The molecular weight excluding hydrogens is 260 g/mol. The molecule has 0 bridgehead atoms. The van der Waals surface area contributed by atoms with E-state index in [2.05, 4.69) is 0 Å². The zero-order valence-corrected chi connectivity index (χ0v) is 10.3. The first kappa shape index (κ1) is 12.0. The molecule has 1 N–H and O–H groups in total. The molecular formula is C12H9ClO3S. The third-order valence-electron chi connectivity index (χ3n) is 2.07. The van der Waals surface area contributed by atoms with Crippen LogP contribution >= 0.6 is 22.9 Å². The summed E-state index contributed by atoms with van der Waals surface area (Å²) in [5, 5.41) is 9.42. The second kappa shape index (κ2) is 5.21. The number of halogens is 1. The number of hydrogen-bond donors (Lipinski definition) is 1. The number of ether oxygens (including phenoxy) is 1. The SMILES string of the molecule is O=C(O)c1ccc(COc2ccc(Cl)cc2)s1. The molecule has 0 saturated carbocycles. The Morgan fingerprint density at radius 2 is 1.94 bits per heavy atom. The Morgan fingerprint density at radius 1 is 1.24 bits per heavy atom. The lowest BCUT2D eigenvalue weighted by atomic mass is 10.3. The van der Waals surface area contributed by atoms with Gasteiger partial charge in [-0.15, -0.1) is 11.3 Å². The monoisotopic (exact) mass is 268 g/mol. The Balaban J connectivity index is 1.97. The standard InChI is InChI=1S/C12H9ClO3S/c13-8-1-3-9(4-2-8)16-7-10-5-6-11(17-10)12(14)15/h1-6H,7H2,(H,14,15). The number of carbonyl (C=O) groups is 1. The molecule has 0 saturated heterocycles. The average molecular weight is 269 g/mol. The second-order valence-corrected chi connectivity index (χ2v) is 4.92. The highest BCUT2D eigenvalue weighted by atomic mass is 35.5. The van der Waals surface area contributed by atoms with Gasteiger partial charge in [0.25, 0.3) is 0 Å². The summed E-state index contributed by atoms with van der Waals surface area (Å²) in [6, 6.07) is 10.4. The van der Waals surface area contributed by atoms with Gasteiger partial charge in [0.2, 0.25) is 0 Å². The van der Waals surface area contributed by atoms with E-state index < -0.39 is 5.97 Å². The molecule has 0 aliphatic heterocycles. The van der Waals surface area contributed by atoms with Gasteiger partial charge < -0.3 is 9.84 Å². The fourth-order valence-corrected chi connectivity index (χ4v) is 2.14. The Morgan fingerprint density at radius 3 is 2.53 bits per heavy atom. The summed E-state index contributed by atoms with van der Waals surface area (Å²) < 4.78 is 5.50. The maximum Gasteiger partial charge on any atom is 0.345 e. The summed E-state index contributed by atoms with van der Waals surface area (Å²) in [7, 11) is 0. The van der Waals surface area contributed by atoms with Crippen molar-refractivity contribution in [1.29, 1.82) is 0 Å². The number of carboxylic acids is 1. The first-order chi connectivity index (χ1) is 8.15. The molecule has 0 radical (unpaired) electrons. The van der Waals surface area contributed by atoms with Gasteiger partial charge in [-0.2, -0.15) is 0 Å². The quantitative estimate of drug-likeness (QED) is 0.920. The van der Waals surface area contributed by atoms with Gasteiger partial charge in [-0.25, -0.2) is 4.79 Å². The second-order valence-electron chi connectivity index (χ2n) is 3.31. The van der Waals surface area contributed by atoms with E-state index in [9.17, 15) is 4.79 Å². The molecule has 2 rings (SSSR count). The van der Waals surface area contributed by atoms with Crippen LogP contribution < -0.4 is 4.74 Å². The zero-order chi connectivity index (χ0) is 12.3. The van der Waals surface area contributed by atoms with E-state index in [0.717, 1.165) is 4.88 Å². The number of benzene rings is 1. The van der Waals surface area contributed by atoms with Crippen LogP contribution in [-0.2, 0) is 6.61 Å². The van der Waals surface area contributed by atoms with Gasteiger partial charge in [0.15, 0.2) is 0 Å². The molecule has 0 spiro atoms. The molecule has 1 heterocycles. The molecule has 0 amide bonds. The molecule has 2 aromatic rings. The highest BCUT2D eigenvalue weighted by molar-refractivity contribution is 7.13. The van der Waals surface area contributed by atoms with Crippen LogP contribution in [-0.4, -0.2) is 11.1 Å². The maximum absolute atomic E-state index is 10.7. The van der Waals surface area contributed by atoms with Crippen molar-refractivity contribution >= 4 is 28.9 Å². The number of hydrogen-bond acceptors (Lipinski definition) is 3. The van der Waals surface area contributed by atoms with E-state index in [-0.39, 0.29) is 0 Å². The van der Waals surface area contributed by atoms with E-state index in [4.69, 9.17) is 21.4 Å². The zero-order valence-electron chi connectivity index (χ0n) is 8.72. The molecule has 5 heteroatoms. The third kappa shape index (κ3) is 3.22. The van der Waals surface area contributed by atoms with Crippen molar-refractivity contribution in [3.05, 3.63) is 51.2 Å². The van der Waals surface area contributed by atoms with Crippen molar-refractivity contribution in [2.45, 2.75) is 6.61 Å². The number of carboxylic acid groups (broad SMARTS) is 1. The fraction of sp³-hybridized carbons (Fsp3) is 0.0833. The lowest BCUT2D eigenvalue weighted by molar-refractivity contribution is 0.0702. The lowest BCUT2D eigenvalue weighted by Crippen LogP contribution is -1.92. The van der Waals surface area contributed by atoms with Crippen LogP contribution in [0.1, 0.15) is 14.5 Å². The summed E-state index contributed by atoms with van der Waals surface area (Å²) in [6.07, 6.45) is 0. The van der Waals surface area contributed by atoms with E-state index in [0.29, 0.717) is 22.3 Å². The number of rotatable bonds is 4. The summed E-state index contributed by atoms with van der Waals surface area (Å²) in [5.41, 5.74) is 0. The average Bonchev–Trinajstić information content (AvgIpc) is 2.77. The Labute approximate surface area is 107 Å². The molecule has 0 aliphatic carbocycles. The Bertz CT molecular complexity index is 519. The lowest BCUT2D eigenvalue weighted by Gasteiger charge is -2.03. The highest BCUT2D eigenvalue weighted by Gasteiger charge is 2.07. The largest absolute Gasteiger partial charge is 0.488 e. The summed E-state index contributed by atoms with van der Waals surface area (Å²) >= 11 is 6.96. The molecule has 1 aromatic carbocycles. The Kier molecular flexibility index (Phi) is 3.66. The maximum atomic E-state index is 10.7. The van der Waals surface area contributed by atoms with Crippen LogP contribution in [0, 0.1) is 0 Å². The van der Waals surface area contributed by atoms with Crippen molar-refractivity contribution in [2.24, 2.45) is 0 Å². The first-order valence-electron chi connectivity index (χ1n) is 4.85. The van der Waals surface area contributed by atoms with E-state index in [1.807, 2.05) is 0 Å². The van der Waals surface area contributed by atoms with E-state index >= 15 is 0 Å². The predicted octanol–water partition coefficient (Wildman–Crippen LogP) is 3.68. The van der Waals surface area contributed by atoms with E-state index in [1.54, 1.807) is 36.4 Å². The van der Waals surface area contributed by atoms with Crippen LogP contribution in [0.4, 0.5) is 0 Å². The van der Waals surface area contributed by atoms with Gasteiger partial charge in [-0.05, 0) is 36.4 Å². The van der Waals surface area contributed by atoms with Gasteiger partial charge in [0.05, 0.1) is 0 Å². The number of aromatic carboxylic acids is 1. The topological polar surface area (TPSA) is 46.5 Å². The summed E-state index contributed by atoms with van der Waals surface area (Å²) in [6.45, 7) is 0.361. The van der Waals surface area contributed by atoms with Crippen molar-refractivity contribution in [3.8, 4) is 5.75 Å². The minimum atomic E-state index is -0.909. The van der Waals surface area contributed by atoms with Crippen LogP contribution in [0.25, 0.3) is 0 Å². The van der Waals surface area contributed by atoms with Crippen LogP contribution in [0.2, 0.25) is 5.02 Å². The van der Waals surface area contributed by atoms with Crippen molar-refractivity contribution in [2.75, 3.05) is 0 Å². The molecule has 17 heavy (non-hydrogen) atoms. The first-order valence-corrected chi connectivity index (χ1v) is 6.05. The van der Waals surface area contributed by atoms with Crippen LogP contribution in [0.3, 0.4) is 0 Å². The van der Waals surface area contributed by atoms with Gasteiger partial charge in [-0.3, -0.25) is 0 Å². The Hall–Kier alpha value is -1.52. The molecule has 3 nitrogen and oxygen atoms in total. The van der Waals surface area contributed by atoms with Gasteiger partial charge in [-0.1, -0.05) is 11.6 Å². The normalized spacial score (nSPS) is 10.2. The smallest absolute Gasteiger partial charge is 0.345 e. The molecule has 0 fully saturated rings. The molecule has 0 aliphatic rings. The van der Waals surface area contributed by atoms with Gasteiger partial charge in [0.1, 0.15) is 17.2 Å². The summed E-state index contributed by atoms with van der Waals surface area (Å²) in [5.74, 6) is -0.201. The molecule has 0 unspecified atom stereocenters. The molecule has 88 valence electrons. The van der Waals surface area contributed by atoms with Gasteiger partial charge >= 0.3 is 5.97 Å².